The zero-order valence-electron chi connectivity index (χ0n) is 30.8. The number of para-hydroxylation sites is 3. The molecular formula is C50H45N3. The summed E-state index contributed by atoms with van der Waals surface area (Å²) in [7, 11) is 0. The smallest absolute Gasteiger partial charge is 0.0808 e. The zero-order chi connectivity index (χ0) is 36.3. The van der Waals surface area contributed by atoms with Gasteiger partial charge in [-0.2, -0.15) is 0 Å². The van der Waals surface area contributed by atoms with Gasteiger partial charge in [-0.15, -0.1) is 0 Å². The van der Waals surface area contributed by atoms with Crippen LogP contribution in [0.5, 0.6) is 0 Å². The number of benzene rings is 6. The molecule has 0 atom stereocenters. The molecule has 0 radical (unpaired) electrons. The lowest BCUT2D eigenvalue weighted by Crippen LogP contribution is -2.28. The van der Waals surface area contributed by atoms with Crippen LogP contribution in [0.1, 0.15) is 32.8 Å². The monoisotopic (exact) mass is 687 g/mol. The molecule has 8 aromatic rings. The first-order chi connectivity index (χ1) is 26.2. The molecule has 0 amide bonds. The zero-order valence-corrected chi connectivity index (χ0v) is 30.8. The van der Waals surface area contributed by atoms with Crippen molar-refractivity contribution >= 4 is 70.8 Å². The van der Waals surface area contributed by atoms with Gasteiger partial charge in [0.15, 0.2) is 0 Å². The topological polar surface area (TPSA) is 13.1 Å². The van der Waals surface area contributed by atoms with Gasteiger partial charge in [0, 0.05) is 44.4 Å². The molecular weight excluding hydrogens is 643 g/mol. The van der Waals surface area contributed by atoms with Gasteiger partial charge in [-0.05, 0) is 86.4 Å². The van der Waals surface area contributed by atoms with E-state index in [1.165, 1.54) is 65.2 Å². The first kappa shape index (κ1) is 33.8. The van der Waals surface area contributed by atoms with E-state index >= 15 is 0 Å². The maximum absolute atomic E-state index is 4.15. The fourth-order valence-electron chi connectivity index (χ4n) is 8.23. The summed E-state index contributed by atoms with van der Waals surface area (Å²) in [6, 6.07) is 40.2. The number of aryl methyl sites for hydroxylation is 1. The predicted octanol–water partition coefficient (Wildman–Crippen LogP) is 13.8. The van der Waals surface area contributed by atoms with Crippen molar-refractivity contribution in [1.29, 1.82) is 0 Å². The standard InChI is InChI=1S/C50H45N3/c1-5-9-11-20-35-51-44-31-18-16-28-41(44)47-48-42-29-17-19-32-45(42)53(52(37(22-7-3)23-8-4)38-26-14-12-15-27-38)50(48)46-40-30-21-25-36(24-13-10-6-2)39(40)33-34-43(46)49(47)51/h5-12,14-23,25-34H,3,13,24,35H2,1-2,4H3/b9-5-,10-6-,20-11-,23-8-,37-22+. The van der Waals surface area contributed by atoms with Gasteiger partial charge in [-0.1, -0.05) is 140 Å². The van der Waals surface area contributed by atoms with E-state index < -0.39 is 0 Å². The molecule has 2 aromatic heterocycles. The van der Waals surface area contributed by atoms with Gasteiger partial charge in [0.05, 0.1) is 27.9 Å². The van der Waals surface area contributed by atoms with E-state index in [0.717, 1.165) is 36.3 Å². The number of hydrogen-bond acceptors (Lipinski definition) is 1. The molecule has 6 aromatic carbocycles. The first-order valence-electron chi connectivity index (χ1n) is 18.7. The predicted molar refractivity (Wildman–Crippen MR) is 232 cm³/mol. The second-order valence-corrected chi connectivity index (χ2v) is 13.4. The highest BCUT2D eigenvalue weighted by Gasteiger charge is 2.27. The highest BCUT2D eigenvalue weighted by atomic mass is 15.6. The highest BCUT2D eigenvalue weighted by molar-refractivity contribution is 6.40. The van der Waals surface area contributed by atoms with E-state index in [1.54, 1.807) is 0 Å². The summed E-state index contributed by atoms with van der Waals surface area (Å²) in [5.41, 5.74) is 8.30. The van der Waals surface area contributed by atoms with Gasteiger partial charge in [0.2, 0.25) is 0 Å². The Labute approximate surface area is 312 Å². The molecule has 0 aliphatic carbocycles. The van der Waals surface area contributed by atoms with E-state index in [1.807, 2.05) is 6.08 Å². The van der Waals surface area contributed by atoms with E-state index in [9.17, 15) is 0 Å². The van der Waals surface area contributed by atoms with E-state index in [4.69, 9.17) is 0 Å². The van der Waals surface area contributed by atoms with Crippen molar-refractivity contribution in [2.24, 2.45) is 0 Å². The quantitative estimate of drug-likeness (QED) is 0.0749. The molecule has 0 aliphatic rings. The number of allylic oxidation sites excluding steroid dienone is 10. The van der Waals surface area contributed by atoms with Crippen LogP contribution in [-0.4, -0.2) is 9.24 Å². The molecule has 8 rings (SSSR count). The van der Waals surface area contributed by atoms with Crippen LogP contribution in [0.3, 0.4) is 0 Å². The van der Waals surface area contributed by atoms with Crippen molar-refractivity contribution in [2.75, 3.05) is 5.01 Å². The lowest BCUT2D eigenvalue weighted by Gasteiger charge is -2.29. The molecule has 260 valence electrons. The van der Waals surface area contributed by atoms with Gasteiger partial charge in [-0.3, -0.25) is 0 Å². The van der Waals surface area contributed by atoms with Gasteiger partial charge >= 0.3 is 0 Å². The van der Waals surface area contributed by atoms with Gasteiger partial charge < -0.3 is 4.57 Å². The largest absolute Gasteiger partial charge is 0.336 e. The van der Waals surface area contributed by atoms with Crippen molar-refractivity contribution in [2.45, 2.75) is 40.2 Å². The minimum atomic E-state index is 0.763. The van der Waals surface area contributed by atoms with Gasteiger partial charge in [0.25, 0.3) is 0 Å². The SMILES string of the molecule is C=C/C=C(\C=C/C)N(c1ccccc1)n1c2ccccc2c2c3c4ccccc4n(C/C=C\C=C/C)c3c3ccc4c(CC/C=C\C)cccc4c3c21. The summed E-state index contributed by atoms with van der Waals surface area (Å²) in [6.07, 6.45) is 23.3. The third kappa shape index (κ3) is 5.70. The Morgan fingerprint density at radius 3 is 2.06 bits per heavy atom. The number of rotatable bonds is 11. The summed E-state index contributed by atoms with van der Waals surface area (Å²) in [4.78, 5) is 0. The van der Waals surface area contributed by atoms with Crippen molar-refractivity contribution in [3.8, 4) is 0 Å². The number of anilines is 1. The van der Waals surface area contributed by atoms with Crippen LogP contribution in [-0.2, 0) is 13.0 Å². The Hall–Kier alpha value is -6.32. The average Bonchev–Trinajstić information content (AvgIpc) is 3.70. The van der Waals surface area contributed by atoms with Gasteiger partial charge in [0.1, 0.15) is 0 Å². The Morgan fingerprint density at radius 2 is 1.30 bits per heavy atom. The third-order valence-electron chi connectivity index (χ3n) is 10.3. The fourth-order valence-corrected chi connectivity index (χ4v) is 8.23. The number of aromatic nitrogens is 2. The van der Waals surface area contributed by atoms with Gasteiger partial charge in [-0.25, -0.2) is 9.69 Å². The number of nitrogens with zero attached hydrogens (tertiary/aromatic N) is 3. The molecule has 0 fully saturated rings. The molecule has 0 saturated heterocycles. The lowest BCUT2D eigenvalue weighted by atomic mass is 9.92. The third-order valence-corrected chi connectivity index (χ3v) is 10.3. The normalized spacial score (nSPS) is 12.9. The summed E-state index contributed by atoms with van der Waals surface area (Å²) in [6.45, 7) is 11.2. The molecule has 0 bridgehead atoms. The van der Waals surface area contributed by atoms with Crippen LogP contribution in [0.25, 0.3) is 65.2 Å². The lowest BCUT2D eigenvalue weighted by molar-refractivity contribution is 0.851. The fraction of sp³-hybridized carbons (Fsp3) is 0.120. The number of fused-ring (bicyclic) bond motifs is 12. The second-order valence-electron chi connectivity index (χ2n) is 13.4. The van der Waals surface area contributed by atoms with Crippen LogP contribution in [0, 0.1) is 0 Å². The van der Waals surface area contributed by atoms with E-state index in [0.29, 0.717) is 0 Å². The summed E-state index contributed by atoms with van der Waals surface area (Å²) >= 11 is 0. The molecule has 0 saturated carbocycles. The molecule has 0 unspecified atom stereocenters. The van der Waals surface area contributed by atoms with E-state index in [2.05, 4.69) is 205 Å². The Kier molecular flexibility index (Phi) is 9.40. The average molecular weight is 688 g/mol. The highest BCUT2D eigenvalue weighted by Crippen LogP contribution is 2.48. The molecule has 3 heteroatoms. The van der Waals surface area contributed by atoms with Crippen molar-refractivity contribution < 1.29 is 0 Å². The van der Waals surface area contributed by atoms with Crippen molar-refractivity contribution in [3.05, 3.63) is 188 Å². The minimum absolute atomic E-state index is 0.763. The summed E-state index contributed by atoms with van der Waals surface area (Å²) < 4.78 is 5.00. The number of hydrogen-bond donors (Lipinski definition) is 0. The molecule has 0 aliphatic heterocycles. The Morgan fingerprint density at radius 1 is 0.604 bits per heavy atom. The first-order valence-corrected chi connectivity index (χ1v) is 18.7. The van der Waals surface area contributed by atoms with Crippen LogP contribution in [0.15, 0.2) is 182 Å². The maximum atomic E-state index is 4.15. The molecule has 2 heterocycles. The maximum Gasteiger partial charge on any atom is 0.0808 e. The van der Waals surface area contributed by atoms with Crippen LogP contribution >= 0.6 is 0 Å². The summed E-state index contributed by atoms with van der Waals surface area (Å²) in [5, 5.41) is 12.5. The van der Waals surface area contributed by atoms with Crippen LogP contribution in [0.2, 0.25) is 0 Å². The minimum Gasteiger partial charge on any atom is -0.336 e. The molecule has 53 heavy (non-hydrogen) atoms. The second kappa shape index (κ2) is 14.7. The Bertz CT molecular complexity index is 2800. The summed E-state index contributed by atoms with van der Waals surface area (Å²) in [5.74, 6) is 0. The van der Waals surface area contributed by atoms with Crippen molar-refractivity contribution in [1.82, 2.24) is 9.24 Å². The molecule has 3 nitrogen and oxygen atoms in total. The molecule has 0 N–H and O–H groups in total. The van der Waals surface area contributed by atoms with Crippen molar-refractivity contribution in [3.63, 3.8) is 0 Å². The van der Waals surface area contributed by atoms with Crippen LogP contribution in [0.4, 0.5) is 5.69 Å². The molecule has 0 spiro atoms. The van der Waals surface area contributed by atoms with Crippen LogP contribution < -0.4 is 5.01 Å². The Balaban J connectivity index is 1.67. The van der Waals surface area contributed by atoms with E-state index in [-0.39, 0.29) is 0 Å².